The second-order valence-corrected chi connectivity index (χ2v) is 4.35. The lowest BCUT2D eigenvalue weighted by Gasteiger charge is -2.21. The quantitative estimate of drug-likeness (QED) is 0.781. The van der Waals surface area contributed by atoms with Crippen molar-refractivity contribution in [2.75, 3.05) is 18.0 Å². The molecular formula is C13H16FNO. The highest BCUT2D eigenvalue weighted by atomic mass is 19.1. The number of rotatable bonds is 3. The summed E-state index contributed by atoms with van der Waals surface area (Å²) in [5.41, 5.74) is 1.84. The lowest BCUT2D eigenvalue weighted by Crippen LogP contribution is -2.20. The molecule has 3 heteroatoms. The van der Waals surface area contributed by atoms with E-state index in [1.54, 1.807) is 19.1 Å². The molecule has 0 radical (unpaired) electrons. The normalized spacial score (nSPS) is 15.5. The monoisotopic (exact) mass is 221 g/mol. The van der Waals surface area contributed by atoms with Gasteiger partial charge in [-0.2, -0.15) is 0 Å². The van der Waals surface area contributed by atoms with Crippen LogP contribution in [0.25, 0.3) is 0 Å². The van der Waals surface area contributed by atoms with E-state index in [0.717, 1.165) is 37.2 Å². The smallest absolute Gasteiger partial charge is 0.134 e. The SMILES string of the molecule is CC(=O)Cc1ccc(F)cc1N1CCCC1. The van der Waals surface area contributed by atoms with Gasteiger partial charge in [-0.15, -0.1) is 0 Å². The van der Waals surface area contributed by atoms with Crippen LogP contribution >= 0.6 is 0 Å². The van der Waals surface area contributed by atoms with Crippen molar-refractivity contribution in [2.24, 2.45) is 0 Å². The average molecular weight is 221 g/mol. The first-order valence-electron chi connectivity index (χ1n) is 5.69. The first-order chi connectivity index (χ1) is 7.66. The molecule has 0 spiro atoms. The molecule has 0 aromatic heterocycles. The first-order valence-corrected chi connectivity index (χ1v) is 5.69. The molecule has 2 rings (SSSR count). The molecule has 0 amide bonds. The molecule has 1 aromatic carbocycles. The number of Topliss-reactive ketones (excluding diaryl/α,β-unsaturated/α-hetero) is 1. The number of nitrogens with zero attached hydrogens (tertiary/aromatic N) is 1. The van der Waals surface area contributed by atoms with Gasteiger partial charge < -0.3 is 4.90 Å². The van der Waals surface area contributed by atoms with Crippen molar-refractivity contribution in [3.05, 3.63) is 29.6 Å². The van der Waals surface area contributed by atoms with Gasteiger partial charge in [0.2, 0.25) is 0 Å². The van der Waals surface area contributed by atoms with Crippen LogP contribution in [0.2, 0.25) is 0 Å². The summed E-state index contributed by atoms with van der Waals surface area (Å²) in [5.74, 6) is -0.110. The number of hydrogen-bond donors (Lipinski definition) is 0. The van der Waals surface area contributed by atoms with Gasteiger partial charge in [0.15, 0.2) is 0 Å². The summed E-state index contributed by atoms with van der Waals surface area (Å²) < 4.78 is 13.2. The molecule has 1 aromatic rings. The molecule has 1 fully saturated rings. The number of carbonyl (C=O) groups is 1. The minimum absolute atomic E-state index is 0.118. The maximum Gasteiger partial charge on any atom is 0.134 e. The number of ketones is 1. The summed E-state index contributed by atoms with van der Waals surface area (Å²) in [5, 5.41) is 0. The Bertz CT molecular complexity index is 397. The Balaban J connectivity index is 2.31. The van der Waals surface area contributed by atoms with Crippen molar-refractivity contribution in [3.63, 3.8) is 0 Å². The van der Waals surface area contributed by atoms with Gasteiger partial charge in [-0.05, 0) is 37.5 Å². The molecule has 1 saturated heterocycles. The topological polar surface area (TPSA) is 20.3 Å². The third-order valence-corrected chi connectivity index (χ3v) is 2.93. The van der Waals surface area contributed by atoms with Crippen LogP contribution in [0.1, 0.15) is 25.3 Å². The highest BCUT2D eigenvalue weighted by Crippen LogP contribution is 2.26. The number of carbonyl (C=O) groups excluding carboxylic acids is 1. The van der Waals surface area contributed by atoms with Crippen LogP contribution in [0.4, 0.5) is 10.1 Å². The molecule has 0 aliphatic carbocycles. The maximum absolute atomic E-state index is 13.2. The number of halogens is 1. The Kier molecular flexibility index (Phi) is 3.22. The van der Waals surface area contributed by atoms with E-state index >= 15 is 0 Å². The van der Waals surface area contributed by atoms with Crippen molar-refractivity contribution in [3.8, 4) is 0 Å². The third-order valence-electron chi connectivity index (χ3n) is 2.93. The van der Waals surface area contributed by atoms with Gasteiger partial charge in [0, 0.05) is 25.2 Å². The zero-order valence-electron chi connectivity index (χ0n) is 9.50. The molecule has 1 heterocycles. The van der Waals surface area contributed by atoms with E-state index in [-0.39, 0.29) is 11.6 Å². The summed E-state index contributed by atoms with van der Waals surface area (Å²) >= 11 is 0. The molecule has 0 atom stereocenters. The Labute approximate surface area is 95.1 Å². The number of benzene rings is 1. The molecule has 0 bridgehead atoms. The molecule has 0 unspecified atom stereocenters. The summed E-state index contributed by atoms with van der Waals surface area (Å²) in [6, 6.07) is 4.70. The number of anilines is 1. The lowest BCUT2D eigenvalue weighted by molar-refractivity contribution is -0.116. The van der Waals surface area contributed by atoms with Crippen LogP contribution in [0.3, 0.4) is 0 Å². The molecule has 86 valence electrons. The van der Waals surface area contributed by atoms with Crippen molar-refractivity contribution in [2.45, 2.75) is 26.2 Å². The second kappa shape index (κ2) is 4.64. The fourth-order valence-electron chi connectivity index (χ4n) is 2.21. The fraction of sp³-hybridized carbons (Fsp3) is 0.462. The Hall–Kier alpha value is -1.38. The maximum atomic E-state index is 13.2. The largest absolute Gasteiger partial charge is 0.371 e. The number of hydrogen-bond acceptors (Lipinski definition) is 2. The standard InChI is InChI=1S/C13H16FNO/c1-10(16)8-11-4-5-12(14)9-13(11)15-6-2-3-7-15/h4-5,9H,2-3,6-8H2,1H3. The fourth-order valence-corrected chi connectivity index (χ4v) is 2.21. The van der Waals surface area contributed by atoms with Gasteiger partial charge in [-0.1, -0.05) is 6.07 Å². The van der Waals surface area contributed by atoms with Gasteiger partial charge in [0.25, 0.3) is 0 Å². The average Bonchev–Trinajstić information content (AvgIpc) is 2.73. The second-order valence-electron chi connectivity index (χ2n) is 4.35. The highest BCUT2D eigenvalue weighted by Gasteiger charge is 2.16. The van der Waals surface area contributed by atoms with Gasteiger partial charge >= 0.3 is 0 Å². The van der Waals surface area contributed by atoms with E-state index in [1.807, 2.05) is 0 Å². The summed E-state index contributed by atoms with van der Waals surface area (Å²) in [6.07, 6.45) is 2.69. The first kappa shape index (κ1) is 11.1. The van der Waals surface area contributed by atoms with Crippen molar-refractivity contribution in [1.82, 2.24) is 0 Å². The van der Waals surface area contributed by atoms with Gasteiger partial charge in [0.05, 0.1) is 0 Å². The van der Waals surface area contributed by atoms with Crippen LogP contribution in [-0.2, 0) is 11.2 Å². The molecular weight excluding hydrogens is 205 g/mol. The van der Waals surface area contributed by atoms with Crippen LogP contribution in [-0.4, -0.2) is 18.9 Å². The van der Waals surface area contributed by atoms with E-state index in [0.29, 0.717) is 6.42 Å². The molecule has 0 N–H and O–H groups in total. The lowest BCUT2D eigenvalue weighted by atomic mass is 10.1. The van der Waals surface area contributed by atoms with E-state index in [1.165, 1.54) is 6.07 Å². The molecule has 1 aliphatic heterocycles. The zero-order chi connectivity index (χ0) is 11.5. The van der Waals surface area contributed by atoms with E-state index in [4.69, 9.17) is 0 Å². The van der Waals surface area contributed by atoms with Crippen LogP contribution in [0.15, 0.2) is 18.2 Å². The van der Waals surface area contributed by atoms with Gasteiger partial charge in [-0.3, -0.25) is 4.79 Å². The minimum Gasteiger partial charge on any atom is -0.371 e. The third kappa shape index (κ3) is 2.40. The zero-order valence-corrected chi connectivity index (χ0v) is 9.50. The van der Waals surface area contributed by atoms with Crippen LogP contribution in [0.5, 0.6) is 0 Å². The predicted molar refractivity (Wildman–Crippen MR) is 62.2 cm³/mol. The van der Waals surface area contributed by atoms with E-state index in [9.17, 15) is 9.18 Å². The van der Waals surface area contributed by atoms with Gasteiger partial charge in [0.1, 0.15) is 11.6 Å². The Morgan fingerprint density at radius 2 is 2.06 bits per heavy atom. The Morgan fingerprint density at radius 3 is 2.69 bits per heavy atom. The summed E-state index contributed by atoms with van der Waals surface area (Å²) in [7, 11) is 0. The molecule has 1 aliphatic rings. The molecule has 0 saturated carbocycles. The summed E-state index contributed by atoms with van der Waals surface area (Å²) in [4.78, 5) is 13.3. The summed E-state index contributed by atoms with van der Waals surface area (Å²) in [6.45, 7) is 3.50. The minimum atomic E-state index is -0.228. The predicted octanol–water partition coefficient (Wildman–Crippen LogP) is 2.56. The van der Waals surface area contributed by atoms with Crippen LogP contribution in [0, 0.1) is 5.82 Å². The van der Waals surface area contributed by atoms with Gasteiger partial charge in [-0.25, -0.2) is 4.39 Å². The van der Waals surface area contributed by atoms with Crippen molar-refractivity contribution in [1.29, 1.82) is 0 Å². The van der Waals surface area contributed by atoms with E-state index < -0.39 is 0 Å². The Morgan fingerprint density at radius 1 is 1.38 bits per heavy atom. The highest BCUT2D eigenvalue weighted by molar-refractivity contribution is 5.80. The van der Waals surface area contributed by atoms with E-state index in [2.05, 4.69) is 4.90 Å². The van der Waals surface area contributed by atoms with Crippen molar-refractivity contribution >= 4 is 11.5 Å². The van der Waals surface area contributed by atoms with Crippen LogP contribution < -0.4 is 4.90 Å². The molecule has 2 nitrogen and oxygen atoms in total. The molecule has 16 heavy (non-hydrogen) atoms. The van der Waals surface area contributed by atoms with Crippen molar-refractivity contribution < 1.29 is 9.18 Å².